The Morgan fingerprint density at radius 2 is 1.94 bits per heavy atom. The number of rotatable bonds is 7. The number of fused-ring (bicyclic) bond motifs is 1. The third kappa shape index (κ3) is 5.61. The fraction of sp³-hybridized carbons (Fsp3) is 0.517. The van der Waals surface area contributed by atoms with Crippen LogP contribution in [0.1, 0.15) is 89.7 Å². The monoisotopic (exact) mass is 489 g/mol. The number of aryl methyl sites for hydroxylation is 1. The van der Waals surface area contributed by atoms with Crippen molar-refractivity contribution in [2.45, 2.75) is 79.1 Å². The number of hydrogen-bond donors (Lipinski definition) is 2. The molecule has 2 aromatic heterocycles. The van der Waals surface area contributed by atoms with Crippen molar-refractivity contribution in [1.29, 1.82) is 0 Å². The van der Waals surface area contributed by atoms with Crippen LogP contribution in [0.15, 0.2) is 35.1 Å². The van der Waals surface area contributed by atoms with E-state index in [2.05, 4.69) is 31.1 Å². The molecule has 0 spiro atoms. The number of hydrogen-bond acceptors (Lipinski definition) is 4. The normalized spacial score (nSPS) is 18.7. The van der Waals surface area contributed by atoms with Gasteiger partial charge >= 0.3 is 0 Å². The molecule has 0 unspecified atom stereocenters. The molecule has 0 saturated heterocycles. The Hall–Kier alpha value is -3.22. The number of benzene rings is 1. The summed E-state index contributed by atoms with van der Waals surface area (Å²) >= 11 is 0. The van der Waals surface area contributed by atoms with E-state index in [0.717, 1.165) is 41.9 Å². The second-order valence-corrected chi connectivity index (χ2v) is 11.0. The zero-order valence-corrected chi connectivity index (χ0v) is 22.2. The molecule has 1 fully saturated rings. The highest BCUT2D eigenvalue weighted by molar-refractivity contribution is 5.91. The van der Waals surface area contributed by atoms with Crippen molar-refractivity contribution in [2.75, 3.05) is 6.54 Å². The first-order valence-electron chi connectivity index (χ1n) is 13.3. The van der Waals surface area contributed by atoms with Gasteiger partial charge in [-0.2, -0.15) is 0 Å². The van der Waals surface area contributed by atoms with Gasteiger partial charge in [-0.15, -0.1) is 5.10 Å². The molecular weight excluding hydrogens is 450 g/mol. The molecular formula is C29H39N5O2. The first-order valence-corrected chi connectivity index (χ1v) is 13.3. The number of aromatic amines is 1. The molecule has 3 aromatic rings. The molecule has 7 heteroatoms. The van der Waals surface area contributed by atoms with Gasteiger partial charge in [-0.3, -0.25) is 9.59 Å². The molecule has 192 valence electrons. The fourth-order valence-electron chi connectivity index (χ4n) is 5.22. The Morgan fingerprint density at radius 3 is 2.61 bits per heavy atom. The zero-order valence-electron chi connectivity index (χ0n) is 22.2. The summed E-state index contributed by atoms with van der Waals surface area (Å²) in [5.74, 6) is 2.30. The van der Waals surface area contributed by atoms with Gasteiger partial charge in [-0.05, 0) is 67.6 Å². The molecule has 0 atom stereocenters. The average molecular weight is 490 g/mol. The molecule has 1 amide bonds. The second kappa shape index (κ2) is 10.8. The minimum Gasteiger partial charge on any atom is -0.353 e. The lowest BCUT2D eigenvalue weighted by molar-refractivity contribution is -0.116. The Balaban J connectivity index is 1.67. The van der Waals surface area contributed by atoms with Crippen LogP contribution in [0.3, 0.4) is 0 Å². The van der Waals surface area contributed by atoms with Crippen LogP contribution in [-0.2, 0) is 11.2 Å². The van der Waals surface area contributed by atoms with Crippen molar-refractivity contribution in [3.8, 4) is 11.4 Å². The molecule has 1 aliphatic carbocycles. The lowest BCUT2D eigenvalue weighted by Crippen LogP contribution is -2.26. The maximum atomic E-state index is 13.2. The number of nitrogens with zero attached hydrogens (tertiary/aromatic N) is 3. The Kier molecular flexibility index (Phi) is 7.76. The second-order valence-electron chi connectivity index (χ2n) is 11.0. The smallest absolute Gasteiger partial charge is 0.277 e. The summed E-state index contributed by atoms with van der Waals surface area (Å²) in [6, 6.07) is 7.68. The predicted molar refractivity (Wildman–Crippen MR) is 145 cm³/mol. The molecule has 36 heavy (non-hydrogen) atoms. The van der Waals surface area contributed by atoms with E-state index in [1.807, 2.05) is 38.1 Å². The maximum absolute atomic E-state index is 13.2. The SMILES string of the molecule is CCCNC(=O)/C=C\c1cccc(-c2nn3c(C4CCC(C(C)(C)C)CC4)nc(CC)c3c(=O)[nH]2)c1. The van der Waals surface area contributed by atoms with E-state index in [9.17, 15) is 9.59 Å². The van der Waals surface area contributed by atoms with Crippen LogP contribution in [0.2, 0.25) is 0 Å². The van der Waals surface area contributed by atoms with Crippen molar-refractivity contribution in [3.05, 3.63) is 57.8 Å². The van der Waals surface area contributed by atoms with Crippen LogP contribution >= 0.6 is 0 Å². The van der Waals surface area contributed by atoms with Crippen LogP contribution in [0.25, 0.3) is 23.0 Å². The van der Waals surface area contributed by atoms with Crippen LogP contribution in [-0.4, -0.2) is 32.0 Å². The summed E-state index contributed by atoms with van der Waals surface area (Å²) in [6.45, 7) is 11.7. The third-order valence-corrected chi connectivity index (χ3v) is 7.39. The summed E-state index contributed by atoms with van der Waals surface area (Å²) in [5, 5.41) is 7.73. The van der Waals surface area contributed by atoms with E-state index in [4.69, 9.17) is 10.1 Å². The molecule has 0 radical (unpaired) electrons. The third-order valence-electron chi connectivity index (χ3n) is 7.39. The van der Waals surface area contributed by atoms with Gasteiger partial charge in [-0.1, -0.05) is 52.8 Å². The minimum absolute atomic E-state index is 0.119. The highest BCUT2D eigenvalue weighted by Gasteiger charge is 2.32. The van der Waals surface area contributed by atoms with Gasteiger partial charge in [0.25, 0.3) is 5.56 Å². The molecule has 1 aromatic carbocycles. The van der Waals surface area contributed by atoms with Crippen LogP contribution < -0.4 is 10.9 Å². The quantitative estimate of drug-likeness (QED) is 0.428. The summed E-state index contributed by atoms with van der Waals surface area (Å²) < 4.78 is 1.80. The van der Waals surface area contributed by atoms with Gasteiger partial charge in [0.2, 0.25) is 5.91 Å². The van der Waals surface area contributed by atoms with E-state index in [1.165, 1.54) is 18.9 Å². The van der Waals surface area contributed by atoms with Gasteiger partial charge in [0, 0.05) is 24.1 Å². The highest BCUT2D eigenvalue weighted by atomic mass is 16.1. The zero-order chi connectivity index (χ0) is 25.9. The van der Waals surface area contributed by atoms with E-state index in [1.54, 1.807) is 10.6 Å². The standard InChI is InChI=1S/C29H39N5O2/c1-6-17-30-24(35)16-11-19-9-8-10-21(18-19)26-32-28(36)25-23(7-2)31-27(34(25)33-26)20-12-14-22(15-13-20)29(3,4)5/h8-11,16,18,20,22H,6-7,12-15,17H2,1-5H3,(H,30,35)(H,32,33,36)/b16-11-. The number of nitrogens with one attached hydrogen (secondary N) is 2. The van der Waals surface area contributed by atoms with Crippen LogP contribution in [0, 0.1) is 11.3 Å². The summed E-state index contributed by atoms with van der Waals surface area (Å²) in [5.41, 5.74) is 3.16. The number of aromatic nitrogens is 4. The lowest BCUT2D eigenvalue weighted by Gasteiger charge is -2.36. The average Bonchev–Trinajstić information content (AvgIpc) is 3.25. The molecule has 1 aliphatic rings. The van der Waals surface area contributed by atoms with E-state index in [-0.39, 0.29) is 11.5 Å². The minimum atomic E-state index is -0.168. The summed E-state index contributed by atoms with van der Waals surface area (Å²) in [6.07, 6.45) is 9.35. The molecule has 0 aliphatic heterocycles. The summed E-state index contributed by atoms with van der Waals surface area (Å²) in [4.78, 5) is 33.1. The largest absolute Gasteiger partial charge is 0.353 e. The molecule has 0 bridgehead atoms. The Labute approximate surface area is 213 Å². The molecule has 7 nitrogen and oxygen atoms in total. The first kappa shape index (κ1) is 25.9. The van der Waals surface area contributed by atoms with E-state index in [0.29, 0.717) is 41.6 Å². The molecule has 2 heterocycles. The number of carbonyl (C=O) groups excluding carboxylic acids is 1. The van der Waals surface area contributed by atoms with Crippen molar-refractivity contribution in [3.63, 3.8) is 0 Å². The van der Waals surface area contributed by atoms with Gasteiger partial charge in [-0.25, -0.2) is 9.50 Å². The summed E-state index contributed by atoms with van der Waals surface area (Å²) in [7, 11) is 0. The van der Waals surface area contributed by atoms with Crippen molar-refractivity contribution in [1.82, 2.24) is 24.9 Å². The Bertz CT molecular complexity index is 1300. The fourth-order valence-corrected chi connectivity index (χ4v) is 5.22. The van der Waals surface area contributed by atoms with Gasteiger partial charge in [0.05, 0.1) is 5.69 Å². The van der Waals surface area contributed by atoms with Gasteiger partial charge in [0.15, 0.2) is 11.3 Å². The molecule has 2 N–H and O–H groups in total. The molecule has 4 rings (SSSR count). The van der Waals surface area contributed by atoms with Crippen molar-refractivity contribution in [2.24, 2.45) is 11.3 Å². The van der Waals surface area contributed by atoms with Crippen molar-refractivity contribution < 1.29 is 4.79 Å². The van der Waals surface area contributed by atoms with Gasteiger partial charge in [0.1, 0.15) is 5.82 Å². The lowest BCUT2D eigenvalue weighted by atomic mass is 9.70. The van der Waals surface area contributed by atoms with Crippen LogP contribution in [0.4, 0.5) is 0 Å². The highest BCUT2D eigenvalue weighted by Crippen LogP contribution is 2.43. The number of amides is 1. The topological polar surface area (TPSA) is 92.2 Å². The molecule has 1 saturated carbocycles. The predicted octanol–water partition coefficient (Wildman–Crippen LogP) is 5.51. The van der Waals surface area contributed by atoms with E-state index < -0.39 is 0 Å². The van der Waals surface area contributed by atoms with Gasteiger partial charge < -0.3 is 10.3 Å². The number of H-pyrrole nitrogens is 1. The number of carbonyl (C=O) groups is 1. The maximum Gasteiger partial charge on any atom is 0.277 e. The number of imidazole rings is 1. The Morgan fingerprint density at radius 1 is 1.19 bits per heavy atom. The van der Waals surface area contributed by atoms with Crippen molar-refractivity contribution >= 4 is 17.5 Å². The first-order chi connectivity index (χ1) is 17.2. The van der Waals surface area contributed by atoms with Crippen LogP contribution in [0.5, 0.6) is 0 Å². The van der Waals surface area contributed by atoms with E-state index >= 15 is 0 Å².